The highest BCUT2D eigenvalue weighted by atomic mass is 32.2. The molecule has 0 aromatic heterocycles. The molecular formula is C37H41N3O4S. The molecular weight excluding hydrogens is 582 g/mol. The van der Waals surface area contributed by atoms with Crippen molar-refractivity contribution in [2.24, 2.45) is 0 Å². The normalized spacial score (nSPS) is 16.4. The maximum Gasteiger partial charge on any atom is 0.265 e. The second-order valence-corrected chi connectivity index (χ2v) is 14.2. The number of amides is 2. The van der Waals surface area contributed by atoms with E-state index < -0.39 is 16.1 Å². The van der Waals surface area contributed by atoms with Gasteiger partial charge in [-0.1, -0.05) is 104 Å². The van der Waals surface area contributed by atoms with Gasteiger partial charge in [0.15, 0.2) is 0 Å². The third-order valence-corrected chi connectivity index (χ3v) is 10.9. The standard InChI is InChI=1S/C37H41N3O4S/c1-27-12-8-15-29(24-27)26-39(33(25-28-13-4-2-5-14-28)37(42)38-31-18-6-3-7-19-31)35(41)22-11-23-40-32-20-9-16-30-17-10-21-34(36(30)32)45(40,43)44/h2,4-5,8-10,12-17,20-21,24,31,33H,3,6-7,11,18-19,22-23,25-26H2,1H3,(H,38,42)/t33-/m0/s1. The second-order valence-electron chi connectivity index (χ2n) is 12.4. The number of hydrogen-bond donors (Lipinski definition) is 1. The van der Waals surface area contributed by atoms with Crippen molar-refractivity contribution in [1.82, 2.24) is 10.2 Å². The maximum absolute atomic E-state index is 14.2. The third-order valence-electron chi connectivity index (χ3n) is 9.09. The Kier molecular flexibility index (Phi) is 9.21. The molecule has 2 aliphatic rings. The zero-order chi connectivity index (χ0) is 31.4. The van der Waals surface area contributed by atoms with Gasteiger partial charge < -0.3 is 10.2 Å². The van der Waals surface area contributed by atoms with Crippen molar-refractivity contribution < 1.29 is 18.0 Å². The summed E-state index contributed by atoms with van der Waals surface area (Å²) in [5.74, 6) is -0.292. The lowest BCUT2D eigenvalue weighted by Gasteiger charge is -2.34. The smallest absolute Gasteiger partial charge is 0.265 e. The van der Waals surface area contributed by atoms with E-state index in [1.807, 2.05) is 85.8 Å². The highest BCUT2D eigenvalue weighted by Crippen LogP contribution is 2.42. The van der Waals surface area contributed by atoms with Crippen LogP contribution in [0.15, 0.2) is 95.9 Å². The molecule has 0 unspecified atom stereocenters. The maximum atomic E-state index is 14.2. The fourth-order valence-corrected chi connectivity index (χ4v) is 8.57. The number of hydrogen-bond acceptors (Lipinski definition) is 4. The van der Waals surface area contributed by atoms with Crippen LogP contribution in [0.1, 0.15) is 61.6 Å². The van der Waals surface area contributed by atoms with Gasteiger partial charge in [0.1, 0.15) is 6.04 Å². The zero-order valence-corrected chi connectivity index (χ0v) is 26.6. The van der Waals surface area contributed by atoms with Crippen molar-refractivity contribution in [3.8, 4) is 0 Å². The molecule has 0 saturated heterocycles. The minimum Gasteiger partial charge on any atom is -0.352 e. The number of aryl methyl sites for hydroxylation is 1. The molecule has 1 heterocycles. The Balaban J connectivity index is 1.25. The Morgan fingerprint density at radius 3 is 2.36 bits per heavy atom. The molecule has 4 aromatic rings. The summed E-state index contributed by atoms with van der Waals surface area (Å²) in [6, 6.07) is 28.2. The monoisotopic (exact) mass is 623 g/mol. The highest BCUT2D eigenvalue weighted by Gasteiger charge is 2.36. The molecule has 1 saturated carbocycles. The Bertz CT molecular complexity index is 1780. The van der Waals surface area contributed by atoms with Gasteiger partial charge in [-0.2, -0.15) is 0 Å². The van der Waals surface area contributed by atoms with Crippen molar-refractivity contribution in [3.05, 3.63) is 108 Å². The Hall–Kier alpha value is -4.17. The Labute approximate surface area is 266 Å². The number of benzene rings is 4. The fraction of sp³-hybridized carbons (Fsp3) is 0.351. The molecule has 0 bridgehead atoms. The van der Waals surface area contributed by atoms with Crippen LogP contribution in [0, 0.1) is 6.92 Å². The number of nitrogens with zero attached hydrogens (tertiary/aromatic N) is 2. The van der Waals surface area contributed by atoms with Crippen LogP contribution >= 0.6 is 0 Å². The summed E-state index contributed by atoms with van der Waals surface area (Å²) in [6.45, 7) is 2.49. The average Bonchev–Trinajstić information content (AvgIpc) is 3.26. The van der Waals surface area contributed by atoms with E-state index in [-0.39, 0.29) is 30.8 Å². The summed E-state index contributed by atoms with van der Waals surface area (Å²) < 4.78 is 28.5. The van der Waals surface area contributed by atoms with Gasteiger partial charge in [0, 0.05) is 37.4 Å². The van der Waals surface area contributed by atoms with E-state index in [9.17, 15) is 18.0 Å². The molecule has 0 radical (unpaired) electrons. The number of sulfonamides is 1. The predicted molar refractivity (Wildman–Crippen MR) is 178 cm³/mol. The number of rotatable bonds is 11. The molecule has 0 spiro atoms. The van der Waals surface area contributed by atoms with Crippen molar-refractivity contribution in [1.29, 1.82) is 0 Å². The first-order valence-electron chi connectivity index (χ1n) is 16.0. The summed E-state index contributed by atoms with van der Waals surface area (Å²) in [5, 5.41) is 4.89. The Morgan fingerprint density at radius 2 is 1.60 bits per heavy atom. The van der Waals surface area contributed by atoms with Crippen LogP contribution in [0.3, 0.4) is 0 Å². The number of nitrogens with one attached hydrogen (secondary N) is 1. The zero-order valence-electron chi connectivity index (χ0n) is 25.8. The quantitative estimate of drug-likeness (QED) is 0.206. The first-order chi connectivity index (χ1) is 21.8. The fourth-order valence-electron chi connectivity index (χ4n) is 6.82. The van der Waals surface area contributed by atoms with E-state index in [0.29, 0.717) is 30.0 Å². The molecule has 1 N–H and O–H groups in total. The SMILES string of the molecule is Cc1cccc(CN(C(=O)CCCN2c3cccc4cccc(c34)S2(=O)=O)[C@@H](Cc2ccccc2)C(=O)NC2CCCCC2)c1. The largest absolute Gasteiger partial charge is 0.352 e. The molecule has 234 valence electrons. The molecule has 45 heavy (non-hydrogen) atoms. The Morgan fingerprint density at radius 1 is 0.889 bits per heavy atom. The van der Waals surface area contributed by atoms with E-state index in [2.05, 4.69) is 5.32 Å². The van der Waals surface area contributed by atoms with Crippen molar-refractivity contribution in [2.45, 2.75) is 81.8 Å². The molecule has 1 aliphatic heterocycles. The predicted octanol–water partition coefficient (Wildman–Crippen LogP) is 6.53. The van der Waals surface area contributed by atoms with Crippen LogP contribution in [-0.4, -0.2) is 43.8 Å². The number of carbonyl (C=O) groups excluding carboxylic acids is 2. The first kappa shape index (κ1) is 30.8. The van der Waals surface area contributed by atoms with Crippen LogP contribution in [0.5, 0.6) is 0 Å². The van der Waals surface area contributed by atoms with Gasteiger partial charge >= 0.3 is 0 Å². The van der Waals surface area contributed by atoms with E-state index >= 15 is 0 Å². The molecule has 6 rings (SSSR count). The highest BCUT2D eigenvalue weighted by molar-refractivity contribution is 7.93. The van der Waals surface area contributed by atoms with Gasteiger partial charge in [-0.3, -0.25) is 13.9 Å². The lowest BCUT2D eigenvalue weighted by atomic mass is 9.94. The first-order valence-corrected chi connectivity index (χ1v) is 17.5. The van der Waals surface area contributed by atoms with Crippen LogP contribution < -0.4 is 9.62 Å². The van der Waals surface area contributed by atoms with Gasteiger partial charge in [-0.25, -0.2) is 8.42 Å². The van der Waals surface area contributed by atoms with E-state index in [1.165, 1.54) is 10.7 Å². The summed E-state index contributed by atoms with van der Waals surface area (Å²) in [4.78, 5) is 30.2. The summed E-state index contributed by atoms with van der Waals surface area (Å²) >= 11 is 0. The minimum atomic E-state index is -3.71. The summed E-state index contributed by atoms with van der Waals surface area (Å²) in [5.41, 5.74) is 3.67. The van der Waals surface area contributed by atoms with Crippen molar-refractivity contribution in [3.63, 3.8) is 0 Å². The third kappa shape index (κ3) is 6.76. The van der Waals surface area contributed by atoms with Gasteiger partial charge in [0.05, 0.1) is 10.6 Å². The number of anilines is 1. The van der Waals surface area contributed by atoms with Crippen LogP contribution in [-0.2, 0) is 32.6 Å². The minimum absolute atomic E-state index is 0.116. The van der Waals surface area contributed by atoms with Crippen LogP contribution in [0.2, 0.25) is 0 Å². The summed E-state index contributed by atoms with van der Waals surface area (Å²) in [6.07, 6.45) is 6.12. The van der Waals surface area contributed by atoms with Gasteiger partial charge in [-0.05, 0) is 54.8 Å². The van der Waals surface area contributed by atoms with Gasteiger partial charge in [0.25, 0.3) is 10.0 Å². The van der Waals surface area contributed by atoms with Crippen LogP contribution in [0.4, 0.5) is 5.69 Å². The molecule has 1 fully saturated rings. The molecule has 7 nitrogen and oxygen atoms in total. The molecule has 1 atom stereocenters. The van der Waals surface area contributed by atoms with Crippen molar-refractivity contribution in [2.75, 3.05) is 10.8 Å². The topological polar surface area (TPSA) is 86.8 Å². The van der Waals surface area contributed by atoms with E-state index in [1.54, 1.807) is 17.0 Å². The molecule has 4 aromatic carbocycles. The number of carbonyl (C=O) groups is 2. The van der Waals surface area contributed by atoms with Crippen molar-refractivity contribution >= 4 is 38.3 Å². The average molecular weight is 624 g/mol. The lowest BCUT2D eigenvalue weighted by Crippen LogP contribution is -2.52. The van der Waals surface area contributed by atoms with E-state index in [0.717, 1.165) is 53.1 Å². The van der Waals surface area contributed by atoms with E-state index in [4.69, 9.17) is 0 Å². The molecule has 2 amide bonds. The lowest BCUT2D eigenvalue weighted by molar-refractivity contribution is -0.141. The molecule has 8 heteroatoms. The van der Waals surface area contributed by atoms with Gasteiger partial charge in [0.2, 0.25) is 11.8 Å². The van der Waals surface area contributed by atoms with Gasteiger partial charge in [-0.15, -0.1) is 0 Å². The summed E-state index contributed by atoms with van der Waals surface area (Å²) in [7, 11) is -3.71. The molecule has 1 aliphatic carbocycles. The second kappa shape index (κ2) is 13.4. The van der Waals surface area contributed by atoms with Crippen LogP contribution in [0.25, 0.3) is 10.8 Å².